The predicted octanol–water partition coefficient (Wildman–Crippen LogP) is 6.09. The molecule has 1 aromatic rings. The van der Waals surface area contributed by atoms with Crippen LogP contribution in [0, 0.1) is 12.3 Å². The maximum Gasteiger partial charge on any atom is 0.0730 e. The van der Waals surface area contributed by atoms with E-state index in [0.29, 0.717) is 5.41 Å². The molecule has 0 aromatic carbocycles. The summed E-state index contributed by atoms with van der Waals surface area (Å²) in [5, 5.41) is 3.61. The van der Waals surface area contributed by atoms with Crippen molar-refractivity contribution in [1.82, 2.24) is 5.32 Å². The van der Waals surface area contributed by atoms with Gasteiger partial charge in [-0.15, -0.1) is 11.3 Å². The molecule has 0 saturated heterocycles. The van der Waals surface area contributed by atoms with Crippen LogP contribution in [0.1, 0.15) is 68.7 Å². The number of aryl methyl sites for hydroxylation is 2. The van der Waals surface area contributed by atoms with E-state index in [0.717, 1.165) is 0 Å². The summed E-state index contributed by atoms with van der Waals surface area (Å²) < 4.78 is 1.32. The van der Waals surface area contributed by atoms with Gasteiger partial charge in [-0.3, -0.25) is 0 Å². The lowest BCUT2D eigenvalue weighted by molar-refractivity contribution is 0.157. The van der Waals surface area contributed by atoms with E-state index in [9.17, 15) is 0 Å². The molecule has 2 rings (SSSR count). The number of thiophene rings is 1. The second-order valence-corrected chi connectivity index (χ2v) is 9.18. The van der Waals surface area contributed by atoms with Crippen LogP contribution in [-0.4, -0.2) is 13.1 Å². The second kappa shape index (κ2) is 8.69. The van der Waals surface area contributed by atoms with Gasteiger partial charge in [-0.05, 0) is 91.5 Å². The van der Waals surface area contributed by atoms with Crippen LogP contribution in [0.5, 0.6) is 0 Å². The third kappa shape index (κ3) is 5.37. The first kappa shape index (κ1) is 17.5. The van der Waals surface area contributed by atoms with Crippen LogP contribution in [0.15, 0.2) is 9.85 Å². The molecule has 0 bridgehead atoms. The van der Waals surface area contributed by atoms with E-state index >= 15 is 0 Å². The SMILES string of the molecule is CCCNCCC1(CCc2cc(C)c(Br)s2)CCCCC1. The van der Waals surface area contributed by atoms with Crippen molar-refractivity contribution in [2.24, 2.45) is 5.41 Å². The molecule has 0 unspecified atom stereocenters. The molecule has 1 heterocycles. The molecule has 0 spiro atoms. The quantitative estimate of drug-likeness (QED) is 0.544. The number of halogens is 1. The molecule has 0 amide bonds. The molecule has 0 radical (unpaired) electrons. The predicted molar refractivity (Wildman–Crippen MR) is 98.4 cm³/mol. The van der Waals surface area contributed by atoms with Gasteiger partial charge in [-0.2, -0.15) is 0 Å². The van der Waals surface area contributed by atoms with Gasteiger partial charge in [-0.1, -0.05) is 26.2 Å². The molecule has 1 saturated carbocycles. The smallest absolute Gasteiger partial charge is 0.0730 e. The zero-order valence-electron chi connectivity index (χ0n) is 13.6. The summed E-state index contributed by atoms with van der Waals surface area (Å²) in [6.07, 6.45) is 12.5. The van der Waals surface area contributed by atoms with Crippen LogP contribution in [0.4, 0.5) is 0 Å². The fourth-order valence-corrected chi connectivity index (χ4v) is 5.25. The maximum absolute atomic E-state index is 3.66. The summed E-state index contributed by atoms with van der Waals surface area (Å²) in [5.74, 6) is 0. The molecule has 1 fully saturated rings. The second-order valence-electron chi connectivity index (χ2n) is 6.73. The van der Waals surface area contributed by atoms with E-state index in [1.54, 1.807) is 4.88 Å². The summed E-state index contributed by atoms with van der Waals surface area (Å²) in [6.45, 7) is 6.84. The fraction of sp³-hybridized carbons (Fsp3) is 0.778. The van der Waals surface area contributed by atoms with Crippen LogP contribution in [0.3, 0.4) is 0 Å². The Morgan fingerprint density at radius 3 is 2.57 bits per heavy atom. The Kier molecular flexibility index (Phi) is 7.24. The fourth-order valence-electron chi connectivity index (χ4n) is 3.62. The van der Waals surface area contributed by atoms with Gasteiger partial charge >= 0.3 is 0 Å². The Balaban J connectivity index is 1.89. The zero-order chi connectivity index (χ0) is 15.1. The van der Waals surface area contributed by atoms with Crippen molar-refractivity contribution in [3.05, 3.63) is 20.3 Å². The van der Waals surface area contributed by atoms with Gasteiger partial charge in [0.25, 0.3) is 0 Å². The first-order valence-electron chi connectivity index (χ1n) is 8.61. The lowest BCUT2D eigenvalue weighted by Crippen LogP contribution is -2.30. The van der Waals surface area contributed by atoms with Gasteiger partial charge in [0.05, 0.1) is 3.79 Å². The molecular formula is C18H30BrNS. The van der Waals surface area contributed by atoms with E-state index in [4.69, 9.17) is 0 Å². The molecule has 1 nitrogen and oxygen atoms in total. The topological polar surface area (TPSA) is 12.0 Å². The van der Waals surface area contributed by atoms with Crippen molar-refractivity contribution >= 4 is 27.3 Å². The van der Waals surface area contributed by atoms with Crippen LogP contribution in [-0.2, 0) is 6.42 Å². The Morgan fingerprint density at radius 1 is 1.19 bits per heavy atom. The Hall–Kier alpha value is 0.140. The summed E-state index contributed by atoms with van der Waals surface area (Å²) in [5.41, 5.74) is 2.01. The molecule has 1 N–H and O–H groups in total. The third-order valence-corrected chi connectivity index (χ3v) is 7.18. The first-order valence-corrected chi connectivity index (χ1v) is 10.2. The van der Waals surface area contributed by atoms with Crippen molar-refractivity contribution < 1.29 is 0 Å². The summed E-state index contributed by atoms with van der Waals surface area (Å²) in [7, 11) is 0. The molecular weight excluding hydrogens is 342 g/mol. The lowest BCUT2D eigenvalue weighted by atomic mass is 9.69. The normalized spacial score (nSPS) is 18.0. The van der Waals surface area contributed by atoms with Crippen LogP contribution < -0.4 is 5.32 Å². The minimum absolute atomic E-state index is 0.614. The van der Waals surface area contributed by atoms with E-state index in [-0.39, 0.29) is 0 Å². The zero-order valence-corrected chi connectivity index (χ0v) is 16.0. The summed E-state index contributed by atoms with van der Waals surface area (Å²) in [6, 6.07) is 2.38. The third-order valence-electron chi connectivity index (χ3n) is 4.98. The molecule has 0 aliphatic heterocycles. The molecule has 120 valence electrons. The molecule has 0 atom stereocenters. The van der Waals surface area contributed by atoms with Crippen molar-refractivity contribution in [2.75, 3.05) is 13.1 Å². The van der Waals surface area contributed by atoms with E-state index in [1.807, 2.05) is 11.3 Å². The number of hydrogen-bond donors (Lipinski definition) is 1. The van der Waals surface area contributed by atoms with E-state index in [1.165, 1.54) is 80.2 Å². The van der Waals surface area contributed by atoms with Gasteiger partial charge in [0.15, 0.2) is 0 Å². The number of rotatable bonds is 8. The van der Waals surface area contributed by atoms with Gasteiger partial charge in [0, 0.05) is 4.88 Å². The van der Waals surface area contributed by atoms with Gasteiger partial charge in [-0.25, -0.2) is 0 Å². The molecule has 3 heteroatoms. The van der Waals surface area contributed by atoms with Gasteiger partial charge in [0.2, 0.25) is 0 Å². The lowest BCUT2D eigenvalue weighted by Gasteiger charge is -2.38. The molecule has 1 aromatic heterocycles. The highest BCUT2D eigenvalue weighted by molar-refractivity contribution is 9.11. The van der Waals surface area contributed by atoms with Crippen LogP contribution in [0.2, 0.25) is 0 Å². The summed E-state index contributed by atoms with van der Waals surface area (Å²) >= 11 is 5.60. The first-order chi connectivity index (χ1) is 10.2. The average Bonchev–Trinajstić information content (AvgIpc) is 2.82. The van der Waals surface area contributed by atoms with E-state index in [2.05, 4.69) is 41.2 Å². The maximum atomic E-state index is 3.66. The van der Waals surface area contributed by atoms with Crippen molar-refractivity contribution in [2.45, 2.75) is 71.6 Å². The Bertz CT molecular complexity index is 401. The largest absolute Gasteiger partial charge is 0.317 e. The number of hydrogen-bond acceptors (Lipinski definition) is 2. The average molecular weight is 372 g/mol. The van der Waals surface area contributed by atoms with Crippen molar-refractivity contribution in [3.63, 3.8) is 0 Å². The molecule has 21 heavy (non-hydrogen) atoms. The van der Waals surface area contributed by atoms with Crippen LogP contribution in [0.25, 0.3) is 0 Å². The minimum Gasteiger partial charge on any atom is -0.317 e. The van der Waals surface area contributed by atoms with Gasteiger partial charge in [0.1, 0.15) is 0 Å². The highest BCUT2D eigenvalue weighted by atomic mass is 79.9. The summed E-state index contributed by atoms with van der Waals surface area (Å²) in [4.78, 5) is 1.56. The number of nitrogens with one attached hydrogen (secondary N) is 1. The molecule has 1 aliphatic rings. The van der Waals surface area contributed by atoms with Crippen molar-refractivity contribution in [1.29, 1.82) is 0 Å². The van der Waals surface area contributed by atoms with Crippen LogP contribution >= 0.6 is 27.3 Å². The minimum atomic E-state index is 0.614. The van der Waals surface area contributed by atoms with Gasteiger partial charge < -0.3 is 5.32 Å². The Morgan fingerprint density at radius 2 is 1.95 bits per heavy atom. The standard InChI is InChI=1S/C18H30BrNS/c1-3-12-20-13-11-18(8-5-4-6-9-18)10-7-16-14-15(2)17(19)21-16/h14,20H,3-13H2,1-2H3. The highest BCUT2D eigenvalue weighted by Gasteiger charge is 2.31. The monoisotopic (exact) mass is 371 g/mol. The van der Waals surface area contributed by atoms with Crippen molar-refractivity contribution in [3.8, 4) is 0 Å². The van der Waals surface area contributed by atoms with E-state index < -0.39 is 0 Å². The Labute approximate surface area is 143 Å². The molecule has 1 aliphatic carbocycles. The highest BCUT2D eigenvalue weighted by Crippen LogP contribution is 2.43.